The van der Waals surface area contributed by atoms with Gasteiger partial charge in [0.15, 0.2) is 5.13 Å². The van der Waals surface area contributed by atoms with E-state index in [4.69, 9.17) is 0 Å². The zero-order valence-electron chi connectivity index (χ0n) is 12.4. The SMILES string of the molecule is Cc1ccnc(Nc2nc3ccc(-c4cncnc4)cc3s2)c1. The highest BCUT2D eigenvalue weighted by molar-refractivity contribution is 7.22. The van der Waals surface area contributed by atoms with E-state index in [1.807, 2.05) is 43.6 Å². The van der Waals surface area contributed by atoms with Crippen LogP contribution in [-0.4, -0.2) is 19.9 Å². The molecule has 0 spiro atoms. The molecule has 0 radical (unpaired) electrons. The Balaban J connectivity index is 1.68. The van der Waals surface area contributed by atoms with E-state index in [1.54, 1.807) is 17.5 Å². The lowest BCUT2D eigenvalue weighted by Crippen LogP contribution is -1.92. The Bertz CT molecular complexity index is 965. The van der Waals surface area contributed by atoms with E-state index in [0.717, 1.165) is 37.9 Å². The van der Waals surface area contributed by atoms with Crippen LogP contribution in [0.4, 0.5) is 10.9 Å². The van der Waals surface area contributed by atoms with Crippen molar-refractivity contribution in [3.63, 3.8) is 0 Å². The van der Waals surface area contributed by atoms with Crippen LogP contribution in [-0.2, 0) is 0 Å². The van der Waals surface area contributed by atoms with Crippen LogP contribution in [0, 0.1) is 6.92 Å². The van der Waals surface area contributed by atoms with E-state index < -0.39 is 0 Å². The van der Waals surface area contributed by atoms with Gasteiger partial charge in [-0.25, -0.2) is 19.9 Å². The molecular weight excluding hydrogens is 306 g/mol. The van der Waals surface area contributed by atoms with E-state index in [9.17, 15) is 0 Å². The number of nitrogens with zero attached hydrogens (tertiary/aromatic N) is 4. The van der Waals surface area contributed by atoms with Crippen molar-refractivity contribution < 1.29 is 0 Å². The summed E-state index contributed by atoms with van der Waals surface area (Å²) in [6.07, 6.45) is 6.94. The Labute approximate surface area is 137 Å². The number of fused-ring (bicyclic) bond motifs is 1. The van der Waals surface area contributed by atoms with Gasteiger partial charge in [0, 0.05) is 24.2 Å². The lowest BCUT2D eigenvalue weighted by Gasteiger charge is -2.01. The predicted octanol–water partition coefficient (Wildman–Crippen LogP) is 4.20. The van der Waals surface area contributed by atoms with Gasteiger partial charge in [0.2, 0.25) is 0 Å². The van der Waals surface area contributed by atoms with Crippen molar-refractivity contribution in [1.29, 1.82) is 0 Å². The molecule has 3 aromatic heterocycles. The minimum absolute atomic E-state index is 0.806. The van der Waals surface area contributed by atoms with E-state index in [-0.39, 0.29) is 0 Å². The molecule has 1 aromatic carbocycles. The fraction of sp³-hybridized carbons (Fsp3) is 0.0588. The fourth-order valence-corrected chi connectivity index (χ4v) is 3.23. The number of nitrogens with one attached hydrogen (secondary N) is 1. The minimum atomic E-state index is 0.806. The topological polar surface area (TPSA) is 63.6 Å². The number of thiazole rings is 1. The Morgan fingerprint density at radius 3 is 2.70 bits per heavy atom. The maximum Gasteiger partial charge on any atom is 0.189 e. The molecule has 0 saturated heterocycles. The molecule has 0 aliphatic heterocycles. The van der Waals surface area contributed by atoms with Gasteiger partial charge in [-0.2, -0.15) is 0 Å². The normalized spacial score (nSPS) is 10.8. The van der Waals surface area contributed by atoms with Crippen molar-refractivity contribution in [2.75, 3.05) is 5.32 Å². The quantitative estimate of drug-likeness (QED) is 0.613. The van der Waals surface area contributed by atoms with Crippen LogP contribution in [0.2, 0.25) is 0 Å². The number of aromatic nitrogens is 4. The maximum atomic E-state index is 4.61. The van der Waals surface area contributed by atoms with Crippen LogP contribution in [0.25, 0.3) is 21.3 Å². The largest absolute Gasteiger partial charge is 0.316 e. The summed E-state index contributed by atoms with van der Waals surface area (Å²) in [7, 11) is 0. The molecule has 0 aliphatic carbocycles. The molecule has 0 unspecified atom stereocenters. The molecule has 0 saturated carbocycles. The first kappa shape index (κ1) is 13.8. The first-order valence-corrected chi connectivity index (χ1v) is 7.95. The lowest BCUT2D eigenvalue weighted by atomic mass is 10.1. The van der Waals surface area contributed by atoms with Crippen LogP contribution >= 0.6 is 11.3 Å². The molecule has 4 rings (SSSR count). The highest BCUT2D eigenvalue weighted by Crippen LogP contribution is 2.31. The Kier molecular flexibility index (Phi) is 3.44. The van der Waals surface area contributed by atoms with Gasteiger partial charge in [0.25, 0.3) is 0 Å². The molecule has 1 N–H and O–H groups in total. The van der Waals surface area contributed by atoms with Gasteiger partial charge >= 0.3 is 0 Å². The number of hydrogen-bond donors (Lipinski definition) is 1. The number of pyridine rings is 1. The first-order valence-electron chi connectivity index (χ1n) is 7.13. The second kappa shape index (κ2) is 5.73. The van der Waals surface area contributed by atoms with E-state index in [0.29, 0.717) is 0 Å². The minimum Gasteiger partial charge on any atom is -0.316 e. The van der Waals surface area contributed by atoms with Crippen molar-refractivity contribution in [2.45, 2.75) is 6.92 Å². The summed E-state index contributed by atoms with van der Waals surface area (Å²) in [4.78, 5) is 17.1. The first-order chi connectivity index (χ1) is 11.3. The lowest BCUT2D eigenvalue weighted by molar-refractivity contribution is 1.17. The fourth-order valence-electron chi connectivity index (χ4n) is 2.32. The van der Waals surface area contributed by atoms with Gasteiger partial charge in [-0.1, -0.05) is 17.4 Å². The van der Waals surface area contributed by atoms with Crippen LogP contribution in [0.15, 0.2) is 55.2 Å². The highest BCUT2D eigenvalue weighted by Gasteiger charge is 2.07. The van der Waals surface area contributed by atoms with E-state index in [2.05, 4.69) is 31.3 Å². The van der Waals surface area contributed by atoms with E-state index >= 15 is 0 Å². The standard InChI is InChI=1S/C17H13N5S/c1-11-4-5-20-16(6-11)22-17-21-14-3-2-12(7-15(14)23-17)13-8-18-10-19-9-13/h2-10H,1H3,(H,20,21,22). The third kappa shape index (κ3) is 2.89. The zero-order valence-corrected chi connectivity index (χ0v) is 13.2. The summed E-state index contributed by atoms with van der Waals surface area (Å²) in [5, 5.41) is 4.10. The Morgan fingerprint density at radius 1 is 1.00 bits per heavy atom. The molecule has 0 amide bonds. The Hall–Kier alpha value is -2.86. The molecule has 6 heteroatoms. The number of rotatable bonds is 3. The van der Waals surface area contributed by atoms with Crippen molar-refractivity contribution >= 4 is 32.5 Å². The average Bonchev–Trinajstić information content (AvgIpc) is 2.97. The van der Waals surface area contributed by atoms with Gasteiger partial charge in [0.05, 0.1) is 10.2 Å². The summed E-state index contributed by atoms with van der Waals surface area (Å²) in [5.74, 6) is 0.806. The molecule has 23 heavy (non-hydrogen) atoms. The van der Waals surface area contributed by atoms with Gasteiger partial charge < -0.3 is 5.32 Å². The van der Waals surface area contributed by atoms with Crippen LogP contribution in [0.3, 0.4) is 0 Å². The van der Waals surface area contributed by atoms with Gasteiger partial charge in [-0.05, 0) is 42.3 Å². The number of benzene rings is 1. The summed E-state index contributed by atoms with van der Waals surface area (Å²) >= 11 is 1.60. The molecule has 0 aliphatic rings. The number of hydrogen-bond acceptors (Lipinski definition) is 6. The monoisotopic (exact) mass is 319 g/mol. The molecule has 112 valence electrons. The van der Waals surface area contributed by atoms with Crippen molar-refractivity contribution in [3.8, 4) is 11.1 Å². The maximum absolute atomic E-state index is 4.61. The molecule has 0 atom stereocenters. The molecule has 5 nitrogen and oxygen atoms in total. The summed E-state index contributed by atoms with van der Waals surface area (Å²) in [5.41, 5.74) is 4.21. The second-order valence-electron chi connectivity index (χ2n) is 5.17. The van der Waals surface area contributed by atoms with Gasteiger partial charge in [0.1, 0.15) is 12.1 Å². The van der Waals surface area contributed by atoms with Crippen molar-refractivity contribution in [1.82, 2.24) is 19.9 Å². The summed E-state index contributed by atoms with van der Waals surface area (Å²) < 4.78 is 1.11. The zero-order chi connectivity index (χ0) is 15.6. The Morgan fingerprint density at radius 2 is 1.87 bits per heavy atom. The molecule has 3 heterocycles. The van der Waals surface area contributed by atoms with Crippen LogP contribution < -0.4 is 5.32 Å². The number of anilines is 2. The third-order valence-corrected chi connectivity index (χ3v) is 4.37. The smallest absolute Gasteiger partial charge is 0.189 e. The average molecular weight is 319 g/mol. The van der Waals surface area contributed by atoms with Gasteiger partial charge in [-0.15, -0.1) is 0 Å². The van der Waals surface area contributed by atoms with Crippen LogP contribution in [0.1, 0.15) is 5.56 Å². The predicted molar refractivity (Wildman–Crippen MR) is 92.9 cm³/mol. The van der Waals surface area contributed by atoms with Crippen molar-refractivity contribution in [2.24, 2.45) is 0 Å². The van der Waals surface area contributed by atoms with E-state index in [1.165, 1.54) is 6.33 Å². The van der Waals surface area contributed by atoms with Crippen molar-refractivity contribution in [3.05, 3.63) is 60.8 Å². The van der Waals surface area contributed by atoms with Crippen LogP contribution in [0.5, 0.6) is 0 Å². The summed E-state index contributed by atoms with van der Waals surface area (Å²) in [6.45, 7) is 2.04. The molecular formula is C17H13N5S. The summed E-state index contributed by atoms with van der Waals surface area (Å²) in [6, 6.07) is 10.1. The molecule has 0 bridgehead atoms. The molecule has 0 fully saturated rings. The van der Waals surface area contributed by atoms with Gasteiger partial charge in [-0.3, -0.25) is 0 Å². The second-order valence-corrected chi connectivity index (χ2v) is 6.20. The highest BCUT2D eigenvalue weighted by atomic mass is 32.1. The third-order valence-electron chi connectivity index (χ3n) is 3.43. The molecule has 4 aromatic rings. The number of aryl methyl sites for hydroxylation is 1.